The third-order valence-electron chi connectivity index (χ3n) is 5.99. The number of nitrogens with one attached hydrogen (secondary N) is 5. The number of urea groups is 1. The number of rotatable bonds is 6. The van der Waals surface area contributed by atoms with Crippen molar-refractivity contribution >= 4 is 23.1 Å². The van der Waals surface area contributed by atoms with Crippen molar-refractivity contribution in [3.05, 3.63) is 72.4 Å². The van der Waals surface area contributed by atoms with Crippen molar-refractivity contribution in [2.75, 3.05) is 25.0 Å². The maximum Gasteiger partial charge on any atom is 0.405 e. The topological polar surface area (TPSA) is 104 Å². The number of nitrogens with zero attached hydrogens (tertiary/aromatic N) is 2. The van der Waals surface area contributed by atoms with Gasteiger partial charge in [0.25, 0.3) is 0 Å². The van der Waals surface area contributed by atoms with E-state index >= 15 is 0 Å². The summed E-state index contributed by atoms with van der Waals surface area (Å²) in [5.41, 5.74) is 10.6. The molecule has 1 fully saturated rings. The molecule has 1 saturated heterocycles. The Morgan fingerprint density at radius 1 is 1.11 bits per heavy atom. The molecule has 3 aromatic rings. The number of amides is 2. The van der Waals surface area contributed by atoms with E-state index in [1.165, 1.54) is 0 Å². The average Bonchev–Trinajstić information content (AvgIpc) is 3.32. The number of halogens is 3. The Labute approximate surface area is 210 Å². The molecule has 0 radical (unpaired) electrons. The zero-order valence-corrected chi connectivity index (χ0v) is 19.7. The van der Waals surface area contributed by atoms with Crippen LogP contribution in [0, 0.1) is 0 Å². The Balaban J connectivity index is 1.28. The number of aromatic nitrogens is 2. The Morgan fingerprint density at radius 2 is 1.95 bits per heavy atom. The predicted octanol–water partition coefficient (Wildman–Crippen LogP) is 3.74. The van der Waals surface area contributed by atoms with E-state index in [-0.39, 0.29) is 6.10 Å². The number of hydrogen-bond donors (Lipinski definition) is 5. The first-order valence-corrected chi connectivity index (χ1v) is 11.8. The number of benzene rings is 1. The van der Waals surface area contributed by atoms with E-state index < -0.39 is 18.8 Å². The van der Waals surface area contributed by atoms with Crippen LogP contribution >= 0.6 is 0 Å². The fourth-order valence-electron chi connectivity index (χ4n) is 4.18. The maximum atomic E-state index is 12.3. The van der Waals surface area contributed by atoms with Gasteiger partial charge in [0.05, 0.1) is 17.6 Å². The molecule has 0 bridgehead atoms. The summed E-state index contributed by atoms with van der Waals surface area (Å²) in [4.78, 5) is 16.3. The molecule has 5 rings (SSSR count). The molecule has 5 N–H and O–H groups in total. The molecule has 4 heterocycles. The number of anilines is 1. The van der Waals surface area contributed by atoms with Crippen LogP contribution in [0.3, 0.4) is 0 Å². The Kier molecular flexibility index (Phi) is 6.91. The third kappa shape index (κ3) is 6.15. The lowest BCUT2D eigenvalue weighted by Gasteiger charge is -2.27. The van der Waals surface area contributed by atoms with Crippen LogP contribution in [0.5, 0.6) is 0 Å². The highest BCUT2D eigenvalue weighted by molar-refractivity contribution is 5.90. The van der Waals surface area contributed by atoms with Gasteiger partial charge < -0.3 is 20.7 Å². The number of alkyl halides is 3. The second kappa shape index (κ2) is 10.4. The lowest BCUT2D eigenvalue weighted by molar-refractivity contribution is -0.122. The highest BCUT2D eigenvalue weighted by atomic mass is 19.4. The van der Waals surface area contributed by atoms with Crippen molar-refractivity contribution in [1.29, 1.82) is 0 Å². The first-order chi connectivity index (χ1) is 17.8. The first kappa shape index (κ1) is 24.5. The molecule has 2 aliphatic heterocycles. The van der Waals surface area contributed by atoms with Crippen LogP contribution in [0.1, 0.15) is 18.4 Å². The van der Waals surface area contributed by atoms with Gasteiger partial charge in [0, 0.05) is 29.1 Å². The molecule has 0 atom stereocenters. The number of hydrogen-bond acceptors (Lipinski definition) is 6. The van der Waals surface area contributed by atoms with E-state index in [1.807, 2.05) is 40.9 Å². The molecule has 2 amide bonds. The van der Waals surface area contributed by atoms with E-state index in [0.29, 0.717) is 17.2 Å². The summed E-state index contributed by atoms with van der Waals surface area (Å²) in [6.07, 6.45) is 5.09. The van der Waals surface area contributed by atoms with Gasteiger partial charge in [-0.25, -0.2) is 9.78 Å². The zero-order valence-electron chi connectivity index (χ0n) is 19.7. The van der Waals surface area contributed by atoms with Crippen LogP contribution in [0.2, 0.25) is 0 Å². The summed E-state index contributed by atoms with van der Waals surface area (Å²) in [7, 11) is 0. The molecule has 0 saturated carbocycles. The Hall–Kier alpha value is -4.19. The van der Waals surface area contributed by atoms with Crippen molar-refractivity contribution in [3.63, 3.8) is 0 Å². The normalized spacial score (nSPS) is 16.3. The number of imidazole rings is 1. The number of fused-ring (bicyclic) bond motifs is 1. The van der Waals surface area contributed by atoms with Crippen molar-refractivity contribution in [2.45, 2.75) is 25.1 Å². The first-order valence-electron chi connectivity index (χ1n) is 11.8. The van der Waals surface area contributed by atoms with Crippen LogP contribution in [0.15, 0.2) is 66.8 Å². The summed E-state index contributed by atoms with van der Waals surface area (Å²) in [5, 5.41) is 7.53. The van der Waals surface area contributed by atoms with Gasteiger partial charge in [0.2, 0.25) is 5.88 Å². The number of allylic oxidation sites excluding steroid dienone is 2. The summed E-state index contributed by atoms with van der Waals surface area (Å²) in [6, 6.07) is 9.76. The van der Waals surface area contributed by atoms with Crippen molar-refractivity contribution in [2.24, 2.45) is 0 Å². The minimum Gasteiger partial charge on any atom is -0.475 e. The summed E-state index contributed by atoms with van der Waals surface area (Å²) in [6.45, 7) is 0.505. The van der Waals surface area contributed by atoms with Crippen LogP contribution in [0.25, 0.3) is 22.6 Å². The Bertz CT molecular complexity index is 1340. The minimum atomic E-state index is -4.48. The van der Waals surface area contributed by atoms with E-state index in [1.54, 1.807) is 29.7 Å². The molecule has 0 aliphatic carbocycles. The summed E-state index contributed by atoms with van der Waals surface area (Å²) in [5.74, 6) is 0.681. The molecule has 0 spiro atoms. The van der Waals surface area contributed by atoms with Crippen LogP contribution in [-0.2, 0) is 4.74 Å². The number of carbonyl (C=O) groups is 1. The number of carbonyl (C=O) groups excluding carboxylic acids is 1. The van der Waals surface area contributed by atoms with Gasteiger partial charge in [-0.15, -0.1) is 0 Å². The number of piperidine rings is 1. The second-order valence-corrected chi connectivity index (χ2v) is 8.72. The number of ether oxygens (including phenoxy) is 1. The molecule has 9 nitrogen and oxygen atoms in total. The number of pyridine rings is 1. The molecule has 12 heteroatoms. The summed E-state index contributed by atoms with van der Waals surface area (Å²) < 4.78 is 44.9. The van der Waals surface area contributed by atoms with Crippen molar-refractivity contribution in [1.82, 2.24) is 30.9 Å². The molecule has 2 aliphatic rings. The van der Waals surface area contributed by atoms with Gasteiger partial charge >= 0.3 is 12.2 Å². The average molecular weight is 514 g/mol. The van der Waals surface area contributed by atoms with Gasteiger partial charge in [-0.05, 0) is 56.3 Å². The molecular weight excluding hydrogens is 487 g/mol. The van der Waals surface area contributed by atoms with E-state index in [9.17, 15) is 18.0 Å². The van der Waals surface area contributed by atoms with Gasteiger partial charge in [0.1, 0.15) is 18.3 Å². The standard InChI is InChI=1S/C25H26F3N7O2/c26-25(27,28)15-31-24(36)32-18-3-1-2-17(12-18)21-14-30-22-13-16(8-11-35(21)22)20-4-5-23(34-33-20)37-19-6-9-29-10-7-19/h1-5,8,11-14,19,29,33-34H,6-7,9-10,15H2,(H2,31,32,36). The Morgan fingerprint density at radius 3 is 2.70 bits per heavy atom. The summed E-state index contributed by atoms with van der Waals surface area (Å²) >= 11 is 0. The fraction of sp³-hybridized carbons (Fsp3) is 0.280. The third-order valence-corrected chi connectivity index (χ3v) is 5.99. The van der Waals surface area contributed by atoms with Crippen molar-refractivity contribution in [3.8, 4) is 11.3 Å². The van der Waals surface area contributed by atoms with Gasteiger partial charge in [-0.2, -0.15) is 13.2 Å². The lowest BCUT2D eigenvalue weighted by atomic mass is 10.1. The molecule has 37 heavy (non-hydrogen) atoms. The highest BCUT2D eigenvalue weighted by Gasteiger charge is 2.27. The van der Waals surface area contributed by atoms with E-state index in [0.717, 1.165) is 48.4 Å². The second-order valence-electron chi connectivity index (χ2n) is 8.72. The largest absolute Gasteiger partial charge is 0.475 e. The smallest absolute Gasteiger partial charge is 0.405 e. The van der Waals surface area contributed by atoms with Crippen LogP contribution in [0.4, 0.5) is 23.7 Å². The van der Waals surface area contributed by atoms with E-state index in [4.69, 9.17) is 4.74 Å². The highest BCUT2D eigenvalue weighted by Crippen LogP contribution is 2.26. The predicted molar refractivity (Wildman–Crippen MR) is 133 cm³/mol. The van der Waals surface area contributed by atoms with Gasteiger partial charge in [-0.3, -0.25) is 15.3 Å². The fourth-order valence-corrected chi connectivity index (χ4v) is 4.18. The monoisotopic (exact) mass is 513 g/mol. The maximum absolute atomic E-state index is 12.3. The molecule has 2 aromatic heterocycles. The quantitative estimate of drug-likeness (QED) is 0.344. The SMILES string of the molecule is O=C(NCC(F)(F)F)Nc1cccc(-c2cnc3cc(C4=CC=C(OC5CCNCC5)NN4)ccn23)c1. The minimum absolute atomic E-state index is 0.194. The van der Waals surface area contributed by atoms with Gasteiger partial charge in [-0.1, -0.05) is 12.1 Å². The lowest BCUT2D eigenvalue weighted by Crippen LogP contribution is -2.38. The number of hydrazine groups is 1. The van der Waals surface area contributed by atoms with Crippen LogP contribution < -0.4 is 26.8 Å². The molecule has 0 unspecified atom stereocenters. The van der Waals surface area contributed by atoms with E-state index in [2.05, 4.69) is 26.5 Å². The van der Waals surface area contributed by atoms with Gasteiger partial charge in [0.15, 0.2) is 0 Å². The molecule has 1 aromatic carbocycles. The molecule has 194 valence electrons. The van der Waals surface area contributed by atoms with Crippen molar-refractivity contribution < 1.29 is 22.7 Å². The van der Waals surface area contributed by atoms with Crippen LogP contribution in [-0.4, -0.2) is 47.3 Å². The zero-order chi connectivity index (χ0) is 25.8. The molecular formula is C25H26F3N7O2.